The van der Waals surface area contributed by atoms with Crippen LogP contribution in [0.2, 0.25) is 0 Å². The van der Waals surface area contributed by atoms with Crippen LogP contribution in [0.15, 0.2) is 36.4 Å². The topological polar surface area (TPSA) is 93.6 Å². The van der Waals surface area contributed by atoms with E-state index in [1.54, 1.807) is 36.4 Å². The molecule has 2 amide bonds. The smallest absolute Gasteiger partial charge is 0.365 e. The third kappa shape index (κ3) is 4.23. The summed E-state index contributed by atoms with van der Waals surface area (Å²) < 4.78 is 39.8. The minimum atomic E-state index is -4.20. The van der Waals surface area contributed by atoms with Crippen LogP contribution in [0.1, 0.15) is 28.8 Å². The third-order valence-electron chi connectivity index (χ3n) is 5.56. The van der Waals surface area contributed by atoms with Crippen LogP contribution in [0.4, 0.5) is 13.2 Å². The van der Waals surface area contributed by atoms with Gasteiger partial charge < -0.3 is 10.6 Å². The number of hydrogen-bond acceptors (Lipinski definition) is 4. The van der Waals surface area contributed by atoms with Crippen molar-refractivity contribution in [3.63, 3.8) is 0 Å². The maximum absolute atomic E-state index is 12.8. The number of carbonyl (C=O) groups is 2. The summed E-state index contributed by atoms with van der Waals surface area (Å²) in [5, 5.41) is 4.03. The predicted molar refractivity (Wildman–Crippen MR) is 105 cm³/mol. The Hall–Kier alpha value is -3.43. The number of rotatable bonds is 4. The van der Waals surface area contributed by atoms with Crippen LogP contribution in [-0.4, -0.2) is 50.6 Å². The first-order valence-electron chi connectivity index (χ1n) is 9.73. The van der Waals surface area contributed by atoms with Crippen molar-refractivity contribution in [1.29, 1.82) is 0 Å². The Balaban J connectivity index is 1.45. The van der Waals surface area contributed by atoms with Gasteiger partial charge in [0.2, 0.25) is 12.2 Å². The predicted octanol–water partition coefficient (Wildman–Crippen LogP) is 2.64. The Morgan fingerprint density at radius 3 is 2.39 bits per heavy atom. The highest BCUT2D eigenvalue weighted by Crippen LogP contribution is 2.34. The van der Waals surface area contributed by atoms with E-state index in [1.165, 1.54) is 9.42 Å². The number of benzene rings is 1. The number of fused-ring (bicyclic) bond motifs is 1. The molecule has 7 nitrogen and oxygen atoms in total. The van der Waals surface area contributed by atoms with E-state index in [1.807, 2.05) is 0 Å². The second-order valence-electron chi connectivity index (χ2n) is 7.51. The lowest BCUT2D eigenvalue weighted by molar-refractivity contribution is -0.186. The van der Waals surface area contributed by atoms with Crippen molar-refractivity contribution >= 4 is 17.5 Å². The van der Waals surface area contributed by atoms with Gasteiger partial charge in [-0.3, -0.25) is 9.59 Å². The zero-order chi connectivity index (χ0) is 22.2. The molecule has 31 heavy (non-hydrogen) atoms. The van der Waals surface area contributed by atoms with Crippen LogP contribution < -0.4 is 5.73 Å². The molecule has 161 valence electrons. The lowest BCUT2D eigenvalue weighted by Gasteiger charge is -2.33. The van der Waals surface area contributed by atoms with E-state index in [9.17, 15) is 22.8 Å². The number of nitrogens with zero attached hydrogens (tertiary/aromatic N) is 4. The fraction of sp³-hybridized carbons (Fsp3) is 0.333. The Morgan fingerprint density at radius 1 is 1.10 bits per heavy atom. The first-order valence-corrected chi connectivity index (χ1v) is 9.73. The molecule has 0 saturated carbocycles. The number of alkyl halides is 3. The van der Waals surface area contributed by atoms with Crippen LogP contribution in [0.25, 0.3) is 16.9 Å². The Kier molecular flexibility index (Phi) is 5.38. The maximum atomic E-state index is 12.8. The van der Waals surface area contributed by atoms with E-state index in [0.29, 0.717) is 11.3 Å². The molecule has 1 aromatic carbocycles. The van der Waals surface area contributed by atoms with Crippen LogP contribution >= 0.6 is 0 Å². The van der Waals surface area contributed by atoms with Gasteiger partial charge in [-0.2, -0.15) is 13.2 Å². The highest BCUT2D eigenvalue weighted by atomic mass is 19.4. The molecule has 2 aromatic heterocycles. The van der Waals surface area contributed by atoms with Crippen LogP contribution in [-0.2, 0) is 11.2 Å². The van der Waals surface area contributed by atoms with Crippen LogP contribution in [0.3, 0.4) is 0 Å². The van der Waals surface area contributed by atoms with Gasteiger partial charge in [0.1, 0.15) is 0 Å². The minimum Gasteiger partial charge on any atom is -0.365 e. The van der Waals surface area contributed by atoms with Gasteiger partial charge in [0.05, 0.1) is 23.6 Å². The molecular formula is C21H19F3N5O2. The number of pyridine rings is 1. The van der Waals surface area contributed by atoms with Crippen molar-refractivity contribution < 1.29 is 22.8 Å². The average molecular weight is 430 g/mol. The number of aromatic nitrogens is 3. The van der Waals surface area contributed by atoms with E-state index in [-0.39, 0.29) is 43.8 Å². The average Bonchev–Trinajstić information content (AvgIpc) is 3.23. The Morgan fingerprint density at radius 2 is 1.77 bits per heavy atom. The minimum absolute atomic E-state index is 0.0552. The van der Waals surface area contributed by atoms with E-state index in [0.717, 1.165) is 11.1 Å². The zero-order valence-electron chi connectivity index (χ0n) is 16.4. The number of halogens is 3. The van der Waals surface area contributed by atoms with Gasteiger partial charge >= 0.3 is 6.18 Å². The summed E-state index contributed by atoms with van der Waals surface area (Å²) in [5.74, 6) is -2.14. The van der Waals surface area contributed by atoms with E-state index in [4.69, 9.17) is 5.73 Å². The normalized spacial score (nSPS) is 15.4. The summed E-state index contributed by atoms with van der Waals surface area (Å²) in [4.78, 5) is 29.5. The number of hydrogen-bond donors (Lipinski definition) is 1. The summed E-state index contributed by atoms with van der Waals surface area (Å²) in [6.45, 7) is 0.238. The first-order chi connectivity index (χ1) is 14.7. The standard InChI is InChI=1S/C21H19F3N5O2/c22-21(23,24)15-7-9-28(10-8-15)18(30)11-13-1-3-14(4-2-13)17-6-5-16(19(25)31)20-26-12-27-29(17)20/h1-6,15H,7-11H2,(H2,25,31). The van der Waals surface area contributed by atoms with Gasteiger partial charge in [-0.15, -0.1) is 5.10 Å². The molecule has 1 radical (unpaired) electrons. The highest BCUT2D eigenvalue weighted by Gasteiger charge is 2.41. The number of piperidine rings is 1. The molecular weight excluding hydrogens is 411 g/mol. The Labute approximate surface area is 175 Å². The molecule has 0 bridgehead atoms. The fourth-order valence-corrected chi connectivity index (χ4v) is 3.81. The van der Waals surface area contributed by atoms with Gasteiger partial charge in [-0.25, -0.2) is 9.50 Å². The van der Waals surface area contributed by atoms with E-state index in [2.05, 4.69) is 16.4 Å². The van der Waals surface area contributed by atoms with Crippen molar-refractivity contribution in [1.82, 2.24) is 19.5 Å². The fourth-order valence-electron chi connectivity index (χ4n) is 3.81. The van der Waals surface area contributed by atoms with Crippen molar-refractivity contribution in [3.8, 4) is 11.3 Å². The van der Waals surface area contributed by atoms with Gasteiger partial charge in [0.25, 0.3) is 5.91 Å². The largest absolute Gasteiger partial charge is 0.391 e. The second kappa shape index (κ2) is 8.01. The molecule has 4 rings (SSSR count). The van der Waals surface area contributed by atoms with E-state index >= 15 is 0 Å². The molecule has 2 N–H and O–H groups in total. The van der Waals surface area contributed by atoms with Crippen molar-refractivity contribution in [3.05, 3.63) is 53.9 Å². The van der Waals surface area contributed by atoms with Crippen molar-refractivity contribution in [2.24, 2.45) is 11.7 Å². The van der Waals surface area contributed by atoms with E-state index < -0.39 is 18.0 Å². The summed E-state index contributed by atoms with van der Waals surface area (Å²) in [6, 6.07) is 10.4. The van der Waals surface area contributed by atoms with Crippen LogP contribution in [0, 0.1) is 12.2 Å². The molecule has 1 aliphatic heterocycles. The third-order valence-corrected chi connectivity index (χ3v) is 5.56. The molecule has 3 aromatic rings. The molecule has 0 atom stereocenters. The number of amides is 2. The Bertz CT molecular complexity index is 1120. The van der Waals surface area contributed by atoms with Crippen LogP contribution in [0.5, 0.6) is 0 Å². The number of nitrogens with two attached hydrogens (primary N) is 1. The van der Waals surface area contributed by atoms with Crippen molar-refractivity contribution in [2.45, 2.75) is 25.4 Å². The van der Waals surface area contributed by atoms with Gasteiger partial charge in [-0.1, -0.05) is 24.3 Å². The molecule has 1 aliphatic rings. The summed E-state index contributed by atoms with van der Waals surface area (Å²) in [7, 11) is 0. The molecule has 1 saturated heterocycles. The molecule has 1 fully saturated rings. The monoisotopic (exact) mass is 430 g/mol. The molecule has 0 aliphatic carbocycles. The maximum Gasteiger partial charge on any atom is 0.391 e. The molecule has 3 heterocycles. The highest BCUT2D eigenvalue weighted by molar-refractivity contribution is 5.99. The number of carbonyl (C=O) groups excluding carboxylic acids is 2. The molecule has 0 spiro atoms. The first kappa shape index (κ1) is 20.8. The van der Waals surface area contributed by atoms with Crippen molar-refractivity contribution in [2.75, 3.05) is 13.1 Å². The van der Waals surface area contributed by atoms with Gasteiger partial charge in [-0.05, 0) is 30.5 Å². The molecule has 0 unspecified atom stereocenters. The second-order valence-corrected chi connectivity index (χ2v) is 7.51. The SMILES string of the molecule is NC(=O)c1ccc(-c2ccc(CC(=O)N3CCC(C(F)(F)F)CC3)cc2)n2n[c]nc12. The summed E-state index contributed by atoms with van der Waals surface area (Å²) in [6.07, 6.45) is -1.73. The quantitative estimate of drug-likeness (QED) is 0.689. The summed E-state index contributed by atoms with van der Waals surface area (Å²) >= 11 is 0. The number of likely N-dealkylation sites (tertiary alicyclic amines) is 1. The summed E-state index contributed by atoms with van der Waals surface area (Å²) in [5.41, 5.74) is 8.09. The van der Waals surface area contributed by atoms with Gasteiger partial charge in [0.15, 0.2) is 5.65 Å². The lowest BCUT2D eigenvalue weighted by Crippen LogP contribution is -2.42. The lowest BCUT2D eigenvalue weighted by atomic mass is 9.96. The zero-order valence-corrected chi connectivity index (χ0v) is 16.4. The van der Waals surface area contributed by atoms with Gasteiger partial charge in [0, 0.05) is 18.7 Å². The number of primary amides is 1. The molecule has 10 heteroatoms.